The second kappa shape index (κ2) is 11.4. The van der Waals surface area contributed by atoms with E-state index in [4.69, 9.17) is 21.4 Å². The molecule has 1 aromatic heterocycles. The average molecular weight is 593 g/mol. The Morgan fingerprint density at radius 2 is 2.00 bits per heavy atom. The number of aliphatic carboxylic acids is 1. The van der Waals surface area contributed by atoms with Crippen LogP contribution in [-0.4, -0.2) is 49.2 Å². The van der Waals surface area contributed by atoms with Crippen LogP contribution in [0.2, 0.25) is 5.02 Å². The van der Waals surface area contributed by atoms with E-state index in [1.165, 1.54) is 15.6 Å². The number of aryl methyl sites for hydroxylation is 1. The Morgan fingerprint density at radius 3 is 2.67 bits per heavy atom. The molecule has 0 aliphatic heterocycles. The van der Waals surface area contributed by atoms with E-state index in [1.807, 2.05) is 32.0 Å². The maximum atomic E-state index is 13.5. The standard InChI is InChI=1S/C22H23BrClNO5S3/c1-3-8-25(9-10-31-16-5-6-18(14(2)11-16)30-13-20(26)27)33(28,29)22-21(23)17-12-15(24)4-7-19(17)32-22/h4-7,11-12H,3,8-10,13H2,1-2H3,(H,26,27). The fraction of sp³-hybridized carbons (Fsp3) is 0.318. The molecule has 2 aromatic carbocycles. The summed E-state index contributed by atoms with van der Waals surface area (Å²) in [5.74, 6) is 0.0626. The van der Waals surface area contributed by atoms with Gasteiger partial charge in [0.25, 0.3) is 10.0 Å². The minimum atomic E-state index is -3.68. The first-order valence-electron chi connectivity index (χ1n) is 10.1. The van der Waals surface area contributed by atoms with Crippen molar-refractivity contribution < 1.29 is 23.1 Å². The lowest BCUT2D eigenvalue weighted by molar-refractivity contribution is -0.139. The summed E-state index contributed by atoms with van der Waals surface area (Å²) in [6.07, 6.45) is 0.701. The molecule has 0 amide bonds. The zero-order chi connectivity index (χ0) is 24.2. The van der Waals surface area contributed by atoms with Crippen LogP contribution in [0.1, 0.15) is 18.9 Å². The van der Waals surface area contributed by atoms with Crippen molar-refractivity contribution >= 4 is 76.7 Å². The first-order chi connectivity index (χ1) is 15.6. The second-order valence-electron chi connectivity index (χ2n) is 7.21. The van der Waals surface area contributed by atoms with E-state index in [2.05, 4.69) is 15.9 Å². The van der Waals surface area contributed by atoms with Gasteiger partial charge in [-0.3, -0.25) is 0 Å². The van der Waals surface area contributed by atoms with Crippen LogP contribution in [0, 0.1) is 6.92 Å². The van der Waals surface area contributed by atoms with Crippen LogP contribution in [0.4, 0.5) is 0 Å². The highest BCUT2D eigenvalue weighted by molar-refractivity contribution is 9.10. The molecule has 11 heteroatoms. The van der Waals surface area contributed by atoms with E-state index in [0.717, 1.165) is 20.5 Å². The Labute approximate surface area is 215 Å². The Morgan fingerprint density at radius 1 is 1.24 bits per heavy atom. The summed E-state index contributed by atoms with van der Waals surface area (Å²) >= 11 is 12.3. The summed E-state index contributed by atoms with van der Waals surface area (Å²) in [5.41, 5.74) is 0.826. The fourth-order valence-corrected chi connectivity index (χ4v) is 8.89. The predicted molar refractivity (Wildman–Crippen MR) is 139 cm³/mol. The van der Waals surface area contributed by atoms with Gasteiger partial charge in [-0.1, -0.05) is 18.5 Å². The van der Waals surface area contributed by atoms with Crippen LogP contribution in [0.3, 0.4) is 0 Å². The van der Waals surface area contributed by atoms with E-state index in [0.29, 0.717) is 40.5 Å². The number of sulfonamides is 1. The number of thiophene rings is 1. The summed E-state index contributed by atoms with van der Waals surface area (Å²) in [4.78, 5) is 11.6. The molecule has 0 radical (unpaired) electrons. The van der Waals surface area contributed by atoms with Crippen LogP contribution in [0.15, 0.2) is 50.0 Å². The van der Waals surface area contributed by atoms with Crippen LogP contribution in [0.5, 0.6) is 5.75 Å². The molecule has 178 valence electrons. The van der Waals surface area contributed by atoms with E-state index in [9.17, 15) is 13.2 Å². The molecule has 0 saturated carbocycles. The van der Waals surface area contributed by atoms with Crippen molar-refractivity contribution in [2.45, 2.75) is 29.4 Å². The largest absolute Gasteiger partial charge is 0.482 e. The molecule has 0 atom stereocenters. The molecule has 6 nitrogen and oxygen atoms in total. The van der Waals surface area contributed by atoms with Gasteiger partial charge in [-0.2, -0.15) is 4.31 Å². The van der Waals surface area contributed by atoms with E-state index in [-0.39, 0.29) is 4.21 Å². The molecule has 3 aromatic rings. The summed E-state index contributed by atoms with van der Waals surface area (Å²) in [7, 11) is -3.68. The Balaban J connectivity index is 1.73. The lowest BCUT2D eigenvalue weighted by atomic mass is 10.2. The number of nitrogens with zero attached hydrogens (tertiary/aromatic N) is 1. The van der Waals surface area contributed by atoms with Gasteiger partial charge in [0.15, 0.2) is 10.8 Å². The van der Waals surface area contributed by atoms with Gasteiger partial charge < -0.3 is 9.84 Å². The molecule has 0 bridgehead atoms. The number of carbonyl (C=O) groups is 1. The molecule has 0 aliphatic rings. The third-order valence-electron chi connectivity index (χ3n) is 4.71. The summed E-state index contributed by atoms with van der Waals surface area (Å²) in [6, 6.07) is 10.8. The number of hydrogen-bond acceptors (Lipinski definition) is 6. The number of hydrogen-bond donors (Lipinski definition) is 1. The number of halogens is 2. The minimum absolute atomic E-state index is 0.286. The third kappa shape index (κ3) is 6.43. The summed E-state index contributed by atoms with van der Waals surface area (Å²) < 4.78 is 35.4. The van der Waals surface area contributed by atoms with Gasteiger partial charge in [-0.15, -0.1) is 23.1 Å². The molecule has 3 rings (SSSR count). The minimum Gasteiger partial charge on any atom is -0.482 e. The fourth-order valence-electron chi connectivity index (χ4n) is 3.18. The number of rotatable bonds is 11. The van der Waals surface area contributed by atoms with Crippen LogP contribution in [-0.2, 0) is 14.8 Å². The third-order valence-corrected chi connectivity index (χ3v) is 10.8. The molecule has 0 unspecified atom stereocenters. The SMILES string of the molecule is CCCN(CCSc1ccc(OCC(=O)O)c(C)c1)S(=O)(=O)c1sc2ccc(Cl)cc2c1Br. The van der Waals surface area contributed by atoms with Gasteiger partial charge in [0.05, 0.1) is 4.47 Å². The number of carboxylic acid groups (broad SMARTS) is 1. The monoisotopic (exact) mass is 591 g/mol. The topological polar surface area (TPSA) is 83.9 Å². The Hall–Kier alpha value is -1.30. The normalized spacial score (nSPS) is 11.9. The van der Waals surface area contributed by atoms with Crippen LogP contribution in [0.25, 0.3) is 10.1 Å². The quantitative estimate of drug-likeness (QED) is 0.264. The van der Waals surface area contributed by atoms with E-state index < -0.39 is 22.6 Å². The molecule has 1 heterocycles. The molecule has 0 saturated heterocycles. The average Bonchev–Trinajstić information content (AvgIpc) is 3.09. The molecule has 1 N–H and O–H groups in total. The molecule has 0 fully saturated rings. The van der Waals surface area contributed by atoms with Crippen molar-refractivity contribution in [3.63, 3.8) is 0 Å². The molecule has 33 heavy (non-hydrogen) atoms. The molecule has 0 aliphatic carbocycles. The van der Waals surface area contributed by atoms with Crippen molar-refractivity contribution in [1.82, 2.24) is 4.31 Å². The lowest BCUT2D eigenvalue weighted by Crippen LogP contribution is -2.33. The van der Waals surface area contributed by atoms with Gasteiger partial charge in [0.1, 0.15) is 5.75 Å². The molecular weight excluding hydrogens is 570 g/mol. The van der Waals surface area contributed by atoms with E-state index in [1.54, 1.807) is 30.0 Å². The first-order valence-corrected chi connectivity index (χ1v) is 14.5. The number of benzene rings is 2. The predicted octanol–water partition coefficient (Wildman–Crippen LogP) is 6.28. The molecular formula is C22H23BrClNO5S3. The maximum Gasteiger partial charge on any atom is 0.341 e. The zero-order valence-corrected chi connectivity index (χ0v) is 22.8. The van der Waals surface area contributed by atoms with Crippen molar-refractivity contribution in [3.8, 4) is 5.75 Å². The van der Waals surface area contributed by atoms with Crippen molar-refractivity contribution in [2.24, 2.45) is 0 Å². The number of carboxylic acids is 1. The number of ether oxygens (including phenoxy) is 1. The van der Waals surface area contributed by atoms with Gasteiger partial charge in [0.2, 0.25) is 0 Å². The number of fused-ring (bicyclic) bond motifs is 1. The summed E-state index contributed by atoms with van der Waals surface area (Å²) in [6.45, 7) is 4.19. The van der Waals surface area contributed by atoms with Gasteiger partial charge in [0, 0.05) is 38.8 Å². The highest BCUT2D eigenvalue weighted by Gasteiger charge is 2.29. The van der Waals surface area contributed by atoms with Crippen LogP contribution >= 0.6 is 50.6 Å². The van der Waals surface area contributed by atoms with Crippen molar-refractivity contribution in [2.75, 3.05) is 25.4 Å². The zero-order valence-electron chi connectivity index (χ0n) is 18.0. The van der Waals surface area contributed by atoms with Crippen molar-refractivity contribution in [1.29, 1.82) is 0 Å². The first kappa shape index (κ1) is 26.3. The summed E-state index contributed by atoms with van der Waals surface area (Å²) in [5, 5.41) is 10.1. The lowest BCUT2D eigenvalue weighted by Gasteiger charge is -2.21. The Bertz CT molecular complexity index is 1260. The van der Waals surface area contributed by atoms with Gasteiger partial charge in [-0.25, -0.2) is 13.2 Å². The highest BCUT2D eigenvalue weighted by Crippen LogP contribution is 2.41. The van der Waals surface area contributed by atoms with E-state index >= 15 is 0 Å². The van der Waals surface area contributed by atoms with Gasteiger partial charge in [-0.05, 0) is 71.2 Å². The Kier molecular flexibility index (Phi) is 9.10. The molecule has 0 spiro atoms. The van der Waals surface area contributed by atoms with Crippen molar-refractivity contribution in [3.05, 3.63) is 51.5 Å². The maximum absolute atomic E-state index is 13.5. The number of thioether (sulfide) groups is 1. The van der Waals surface area contributed by atoms with Crippen LogP contribution < -0.4 is 4.74 Å². The second-order valence-corrected chi connectivity index (χ2v) is 12.8. The smallest absolute Gasteiger partial charge is 0.341 e. The highest BCUT2D eigenvalue weighted by atomic mass is 79.9. The van der Waals surface area contributed by atoms with Gasteiger partial charge >= 0.3 is 5.97 Å².